The minimum atomic E-state index is 0.232. The first kappa shape index (κ1) is 11.8. The van der Waals surface area contributed by atoms with Gasteiger partial charge >= 0.3 is 0 Å². The molecule has 2 aromatic rings. The fraction of sp³-hybridized carbons (Fsp3) is 0.308. The van der Waals surface area contributed by atoms with Gasteiger partial charge in [0.2, 0.25) is 0 Å². The highest BCUT2D eigenvalue weighted by Gasteiger charge is 1.99. The molecule has 1 aromatic heterocycles. The van der Waals surface area contributed by atoms with Gasteiger partial charge in [-0.1, -0.05) is 18.2 Å². The first-order valence-electron chi connectivity index (χ1n) is 5.80. The largest absolute Gasteiger partial charge is 0.396 e. The monoisotopic (exact) mass is 231 g/mol. The van der Waals surface area contributed by atoms with Gasteiger partial charge in [-0.05, 0) is 25.1 Å². The van der Waals surface area contributed by atoms with Gasteiger partial charge in [0, 0.05) is 24.9 Å². The van der Waals surface area contributed by atoms with Crippen LogP contribution in [0.15, 0.2) is 42.7 Å². The van der Waals surface area contributed by atoms with E-state index in [1.165, 1.54) is 0 Å². The van der Waals surface area contributed by atoms with Gasteiger partial charge in [0.1, 0.15) is 0 Å². The molecule has 0 fully saturated rings. The molecule has 0 saturated carbocycles. The van der Waals surface area contributed by atoms with Crippen molar-refractivity contribution in [3.05, 3.63) is 48.3 Å². The maximum atomic E-state index is 8.66. The predicted molar refractivity (Wildman–Crippen MR) is 67.0 cm³/mol. The van der Waals surface area contributed by atoms with Gasteiger partial charge in [0.15, 0.2) is 0 Å². The standard InChI is InChI=1S/C13H17N3O/c17-8-4-7-14-9-12-10-15-16(11-12)13-5-2-1-3-6-13/h1-3,5-6,10-11,14,17H,4,7-9H2. The second-order valence-electron chi connectivity index (χ2n) is 3.88. The van der Waals surface area contributed by atoms with Crippen LogP contribution in [-0.2, 0) is 6.54 Å². The fourth-order valence-electron chi connectivity index (χ4n) is 1.61. The number of nitrogens with zero attached hydrogens (tertiary/aromatic N) is 2. The van der Waals surface area contributed by atoms with E-state index in [4.69, 9.17) is 5.11 Å². The summed E-state index contributed by atoms with van der Waals surface area (Å²) in [5, 5.41) is 16.2. The minimum absolute atomic E-state index is 0.232. The van der Waals surface area contributed by atoms with Crippen LogP contribution in [0.1, 0.15) is 12.0 Å². The Kier molecular flexibility index (Phi) is 4.30. The van der Waals surface area contributed by atoms with E-state index in [0.29, 0.717) is 0 Å². The maximum absolute atomic E-state index is 8.66. The SMILES string of the molecule is OCCCNCc1cnn(-c2ccccc2)c1. The molecule has 0 atom stereocenters. The van der Waals surface area contributed by atoms with E-state index in [2.05, 4.69) is 10.4 Å². The predicted octanol–water partition coefficient (Wildman–Crippen LogP) is 1.34. The number of aromatic nitrogens is 2. The molecule has 0 amide bonds. The van der Waals surface area contributed by atoms with E-state index < -0.39 is 0 Å². The fourth-order valence-corrected chi connectivity index (χ4v) is 1.61. The Bertz CT molecular complexity index is 439. The van der Waals surface area contributed by atoms with Crippen molar-refractivity contribution in [1.29, 1.82) is 0 Å². The van der Waals surface area contributed by atoms with E-state index in [-0.39, 0.29) is 6.61 Å². The maximum Gasteiger partial charge on any atom is 0.0645 e. The number of benzene rings is 1. The van der Waals surface area contributed by atoms with Crippen LogP contribution in [-0.4, -0.2) is 28.0 Å². The zero-order valence-corrected chi connectivity index (χ0v) is 9.71. The number of nitrogens with one attached hydrogen (secondary N) is 1. The Labute approximate surface area is 101 Å². The molecule has 0 bridgehead atoms. The lowest BCUT2D eigenvalue weighted by Crippen LogP contribution is -2.15. The molecular formula is C13H17N3O. The van der Waals surface area contributed by atoms with E-state index >= 15 is 0 Å². The molecule has 0 saturated heterocycles. The second-order valence-corrected chi connectivity index (χ2v) is 3.88. The van der Waals surface area contributed by atoms with Gasteiger partial charge in [-0.25, -0.2) is 4.68 Å². The van der Waals surface area contributed by atoms with Crippen LogP contribution in [0.5, 0.6) is 0 Å². The highest BCUT2D eigenvalue weighted by atomic mass is 16.3. The number of hydrogen-bond acceptors (Lipinski definition) is 3. The van der Waals surface area contributed by atoms with Gasteiger partial charge < -0.3 is 10.4 Å². The quantitative estimate of drug-likeness (QED) is 0.738. The van der Waals surface area contributed by atoms with Crippen molar-refractivity contribution >= 4 is 0 Å². The normalized spacial score (nSPS) is 10.6. The minimum Gasteiger partial charge on any atom is -0.396 e. The third-order valence-corrected chi connectivity index (χ3v) is 2.50. The van der Waals surface area contributed by atoms with Crippen molar-refractivity contribution in [2.24, 2.45) is 0 Å². The molecule has 2 rings (SSSR count). The zero-order valence-electron chi connectivity index (χ0n) is 9.71. The molecule has 1 aromatic carbocycles. The van der Waals surface area contributed by atoms with Gasteiger partial charge in [-0.15, -0.1) is 0 Å². The lowest BCUT2D eigenvalue weighted by atomic mass is 10.3. The third-order valence-electron chi connectivity index (χ3n) is 2.50. The molecule has 0 aliphatic heterocycles. The van der Waals surface area contributed by atoms with Crippen molar-refractivity contribution in [3.8, 4) is 5.69 Å². The average Bonchev–Trinajstić information content (AvgIpc) is 2.85. The van der Waals surface area contributed by atoms with E-state index in [9.17, 15) is 0 Å². The Balaban J connectivity index is 1.92. The first-order chi connectivity index (χ1) is 8.40. The third kappa shape index (κ3) is 3.41. The lowest BCUT2D eigenvalue weighted by Gasteiger charge is -2.01. The Hall–Kier alpha value is -1.65. The molecule has 4 heteroatoms. The second kappa shape index (κ2) is 6.18. The molecule has 0 aliphatic rings. The number of hydrogen-bond donors (Lipinski definition) is 2. The lowest BCUT2D eigenvalue weighted by molar-refractivity contribution is 0.286. The summed E-state index contributed by atoms with van der Waals surface area (Å²) in [5.41, 5.74) is 2.21. The summed E-state index contributed by atoms with van der Waals surface area (Å²) >= 11 is 0. The van der Waals surface area contributed by atoms with Crippen LogP contribution in [0.3, 0.4) is 0 Å². The smallest absolute Gasteiger partial charge is 0.0645 e. The van der Waals surface area contributed by atoms with Crippen molar-refractivity contribution < 1.29 is 5.11 Å². The Morgan fingerprint density at radius 1 is 1.24 bits per heavy atom. The van der Waals surface area contributed by atoms with Crippen molar-refractivity contribution in [1.82, 2.24) is 15.1 Å². The van der Waals surface area contributed by atoms with Crippen LogP contribution < -0.4 is 5.32 Å². The zero-order chi connectivity index (χ0) is 11.9. The molecule has 0 radical (unpaired) electrons. The van der Waals surface area contributed by atoms with Gasteiger partial charge in [0.05, 0.1) is 11.9 Å². The summed E-state index contributed by atoms with van der Waals surface area (Å²) < 4.78 is 1.86. The summed E-state index contributed by atoms with van der Waals surface area (Å²) in [5.74, 6) is 0. The van der Waals surface area contributed by atoms with Crippen LogP contribution in [0.25, 0.3) is 5.69 Å². The highest BCUT2D eigenvalue weighted by molar-refractivity contribution is 5.30. The Morgan fingerprint density at radius 2 is 2.06 bits per heavy atom. The van der Waals surface area contributed by atoms with Crippen LogP contribution in [0, 0.1) is 0 Å². The summed E-state index contributed by atoms with van der Waals surface area (Å²) in [7, 11) is 0. The summed E-state index contributed by atoms with van der Waals surface area (Å²) in [6.07, 6.45) is 4.66. The molecule has 4 nitrogen and oxygen atoms in total. The van der Waals surface area contributed by atoms with Crippen LogP contribution >= 0.6 is 0 Å². The average molecular weight is 231 g/mol. The summed E-state index contributed by atoms with van der Waals surface area (Å²) in [6.45, 7) is 1.84. The van der Waals surface area contributed by atoms with E-state index in [1.54, 1.807) is 0 Å². The van der Waals surface area contributed by atoms with Crippen LogP contribution in [0.4, 0.5) is 0 Å². The van der Waals surface area contributed by atoms with E-state index in [0.717, 1.165) is 30.8 Å². The molecule has 17 heavy (non-hydrogen) atoms. The Morgan fingerprint density at radius 3 is 2.82 bits per heavy atom. The first-order valence-corrected chi connectivity index (χ1v) is 5.80. The molecule has 2 N–H and O–H groups in total. The highest BCUT2D eigenvalue weighted by Crippen LogP contribution is 2.07. The molecule has 1 heterocycles. The van der Waals surface area contributed by atoms with Gasteiger partial charge in [-0.3, -0.25) is 0 Å². The topological polar surface area (TPSA) is 50.1 Å². The van der Waals surface area contributed by atoms with Crippen molar-refractivity contribution in [2.75, 3.05) is 13.2 Å². The molecule has 0 aliphatic carbocycles. The van der Waals surface area contributed by atoms with Crippen molar-refractivity contribution in [2.45, 2.75) is 13.0 Å². The summed E-state index contributed by atoms with van der Waals surface area (Å²) in [6, 6.07) is 10.0. The number of para-hydroxylation sites is 1. The molecule has 0 unspecified atom stereocenters. The van der Waals surface area contributed by atoms with Crippen molar-refractivity contribution in [3.63, 3.8) is 0 Å². The molecule has 0 spiro atoms. The summed E-state index contributed by atoms with van der Waals surface area (Å²) in [4.78, 5) is 0. The number of aliphatic hydroxyl groups excluding tert-OH is 1. The van der Waals surface area contributed by atoms with E-state index in [1.807, 2.05) is 47.4 Å². The number of aliphatic hydroxyl groups is 1. The van der Waals surface area contributed by atoms with Crippen LogP contribution in [0.2, 0.25) is 0 Å². The molecule has 90 valence electrons. The number of rotatable bonds is 6. The van der Waals surface area contributed by atoms with Gasteiger partial charge in [-0.2, -0.15) is 5.10 Å². The van der Waals surface area contributed by atoms with Gasteiger partial charge in [0.25, 0.3) is 0 Å². The molecular weight excluding hydrogens is 214 g/mol.